The molecular formula is C9H17BrO. The van der Waals surface area contributed by atoms with Gasteiger partial charge in [-0.25, -0.2) is 0 Å². The molecule has 11 heavy (non-hydrogen) atoms. The van der Waals surface area contributed by atoms with E-state index in [0.29, 0.717) is 4.83 Å². The molecule has 1 heterocycles. The van der Waals surface area contributed by atoms with Crippen molar-refractivity contribution in [1.82, 2.24) is 0 Å². The predicted molar refractivity (Wildman–Crippen MR) is 51.2 cm³/mol. The van der Waals surface area contributed by atoms with E-state index >= 15 is 0 Å². The Balaban J connectivity index is 2.52. The van der Waals surface area contributed by atoms with Crippen molar-refractivity contribution >= 4 is 15.9 Å². The van der Waals surface area contributed by atoms with Crippen LogP contribution in [-0.4, -0.2) is 17.0 Å². The second-order valence-electron chi connectivity index (χ2n) is 3.33. The van der Waals surface area contributed by atoms with Crippen LogP contribution >= 0.6 is 15.9 Å². The SMILES string of the molecule is CCC1(CC)CC(Br)CCO1. The van der Waals surface area contributed by atoms with E-state index in [1.165, 1.54) is 12.8 Å². The van der Waals surface area contributed by atoms with Gasteiger partial charge in [0.15, 0.2) is 0 Å². The summed E-state index contributed by atoms with van der Waals surface area (Å²) >= 11 is 3.67. The van der Waals surface area contributed by atoms with Crippen molar-refractivity contribution in [2.75, 3.05) is 6.61 Å². The molecule has 0 radical (unpaired) electrons. The van der Waals surface area contributed by atoms with E-state index in [9.17, 15) is 0 Å². The summed E-state index contributed by atoms with van der Waals surface area (Å²) in [6.07, 6.45) is 4.64. The summed E-state index contributed by atoms with van der Waals surface area (Å²) in [5, 5.41) is 0. The molecule has 0 aliphatic carbocycles. The summed E-state index contributed by atoms with van der Waals surface area (Å²) in [6.45, 7) is 5.36. The number of halogens is 1. The Bertz CT molecular complexity index is 121. The fourth-order valence-corrected chi connectivity index (χ4v) is 2.49. The van der Waals surface area contributed by atoms with E-state index in [0.717, 1.165) is 19.4 Å². The summed E-state index contributed by atoms with van der Waals surface area (Å²) in [5.41, 5.74) is 0.187. The molecule has 1 atom stereocenters. The van der Waals surface area contributed by atoms with Gasteiger partial charge in [-0.1, -0.05) is 29.8 Å². The van der Waals surface area contributed by atoms with Crippen LogP contribution in [0.3, 0.4) is 0 Å². The Morgan fingerprint density at radius 1 is 1.45 bits per heavy atom. The third kappa shape index (κ3) is 2.19. The Morgan fingerprint density at radius 2 is 2.09 bits per heavy atom. The van der Waals surface area contributed by atoms with Crippen LogP contribution in [0.25, 0.3) is 0 Å². The summed E-state index contributed by atoms with van der Waals surface area (Å²) in [5.74, 6) is 0. The van der Waals surface area contributed by atoms with Gasteiger partial charge in [-0.3, -0.25) is 0 Å². The van der Waals surface area contributed by atoms with Gasteiger partial charge >= 0.3 is 0 Å². The monoisotopic (exact) mass is 220 g/mol. The molecule has 1 aliphatic heterocycles. The van der Waals surface area contributed by atoms with Crippen molar-refractivity contribution < 1.29 is 4.74 Å². The first-order chi connectivity index (χ1) is 5.22. The highest BCUT2D eigenvalue weighted by Crippen LogP contribution is 2.34. The van der Waals surface area contributed by atoms with E-state index in [1.54, 1.807) is 0 Å². The van der Waals surface area contributed by atoms with Crippen molar-refractivity contribution in [3.63, 3.8) is 0 Å². The van der Waals surface area contributed by atoms with Gasteiger partial charge in [-0.2, -0.15) is 0 Å². The lowest BCUT2D eigenvalue weighted by atomic mass is 9.89. The fourth-order valence-electron chi connectivity index (χ4n) is 1.71. The number of rotatable bonds is 2. The predicted octanol–water partition coefficient (Wildman–Crippen LogP) is 3.12. The summed E-state index contributed by atoms with van der Waals surface area (Å²) in [4.78, 5) is 0.677. The van der Waals surface area contributed by atoms with Gasteiger partial charge in [-0.05, 0) is 25.7 Å². The largest absolute Gasteiger partial charge is 0.375 e. The lowest BCUT2D eigenvalue weighted by Gasteiger charge is -2.38. The lowest BCUT2D eigenvalue weighted by molar-refractivity contribution is -0.0796. The molecule has 0 aromatic heterocycles. The lowest BCUT2D eigenvalue weighted by Crippen LogP contribution is -2.38. The minimum absolute atomic E-state index is 0.187. The van der Waals surface area contributed by atoms with Crippen LogP contribution < -0.4 is 0 Å². The summed E-state index contributed by atoms with van der Waals surface area (Å²) in [7, 11) is 0. The zero-order chi connectivity index (χ0) is 8.32. The molecular weight excluding hydrogens is 204 g/mol. The zero-order valence-corrected chi connectivity index (χ0v) is 8.99. The molecule has 0 bridgehead atoms. The van der Waals surface area contributed by atoms with Crippen LogP contribution in [0.4, 0.5) is 0 Å². The minimum atomic E-state index is 0.187. The second-order valence-corrected chi connectivity index (χ2v) is 4.62. The number of hydrogen-bond donors (Lipinski definition) is 0. The van der Waals surface area contributed by atoms with Gasteiger partial charge in [0.05, 0.1) is 5.60 Å². The van der Waals surface area contributed by atoms with Gasteiger partial charge in [0.2, 0.25) is 0 Å². The van der Waals surface area contributed by atoms with Crippen LogP contribution in [0, 0.1) is 0 Å². The molecule has 66 valence electrons. The molecule has 1 saturated heterocycles. The van der Waals surface area contributed by atoms with Gasteiger partial charge in [0, 0.05) is 11.4 Å². The van der Waals surface area contributed by atoms with Crippen molar-refractivity contribution in [2.45, 2.75) is 50.0 Å². The molecule has 0 amide bonds. The summed E-state index contributed by atoms with van der Waals surface area (Å²) < 4.78 is 5.80. The number of ether oxygens (including phenoxy) is 1. The maximum absolute atomic E-state index is 5.80. The molecule has 1 rings (SSSR count). The first-order valence-corrected chi connectivity index (χ1v) is 5.42. The highest BCUT2D eigenvalue weighted by atomic mass is 79.9. The van der Waals surface area contributed by atoms with Crippen LogP contribution in [0.15, 0.2) is 0 Å². The van der Waals surface area contributed by atoms with Crippen LogP contribution in [-0.2, 0) is 4.74 Å². The van der Waals surface area contributed by atoms with Crippen LogP contribution in [0.5, 0.6) is 0 Å². The molecule has 1 nitrogen and oxygen atoms in total. The first kappa shape index (κ1) is 9.53. The Morgan fingerprint density at radius 3 is 2.45 bits per heavy atom. The van der Waals surface area contributed by atoms with E-state index < -0.39 is 0 Å². The molecule has 0 spiro atoms. The van der Waals surface area contributed by atoms with E-state index in [2.05, 4.69) is 29.8 Å². The van der Waals surface area contributed by atoms with E-state index in [-0.39, 0.29) is 5.60 Å². The van der Waals surface area contributed by atoms with Crippen LogP contribution in [0.2, 0.25) is 0 Å². The zero-order valence-electron chi connectivity index (χ0n) is 7.40. The van der Waals surface area contributed by atoms with E-state index in [4.69, 9.17) is 4.74 Å². The van der Waals surface area contributed by atoms with Gasteiger partial charge in [0.1, 0.15) is 0 Å². The van der Waals surface area contributed by atoms with Crippen LogP contribution in [0.1, 0.15) is 39.5 Å². The van der Waals surface area contributed by atoms with Gasteiger partial charge in [0.25, 0.3) is 0 Å². The Labute approximate surface area is 77.6 Å². The average molecular weight is 221 g/mol. The molecule has 2 heteroatoms. The third-order valence-corrected chi connectivity index (χ3v) is 3.50. The average Bonchev–Trinajstić information content (AvgIpc) is 2.04. The maximum Gasteiger partial charge on any atom is 0.0688 e. The smallest absolute Gasteiger partial charge is 0.0688 e. The quantitative estimate of drug-likeness (QED) is 0.651. The minimum Gasteiger partial charge on any atom is -0.375 e. The molecule has 1 aliphatic rings. The number of alkyl halides is 1. The van der Waals surface area contributed by atoms with Crippen molar-refractivity contribution in [1.29, 1.82) is 0 Å². The molecule has 0 saturated carbocycles. The maximum atomic E-state index is 5.80. The highest BCUT2D eigenvalue weighted by molar-refractivity contribution is 9.09. The number of hydrogen-bond acceptors (Lipinski definition) is 1. The molecule has 0 aromatic carbocycles. The van der Waals surface area contributed by atoms with Gasteiger partial charge < -0.3 is 4.74 Å². The Kier molecular flexibility index (Phi) is 3.38. The molecule has 0 aromatic rings. The standard InChI is InChI=1S/C9H17BrO/c1-3-9(4-2)7-8(10)5-6-11-9/h8H,3-7H2,1-2H3. The third-order valence-electron chi connectivity index (χ3n) is 2.72. The highest BCUT2D eigenvalue weighted by Gasteiger charge is 2.33. The normalized spacial score (nSPS) is 30.3. The van der Waals surface area contributed by atoms with Crippen molar-refractivity contribution in [2.24, 2.45) is 0 Å². The molecule has 1 unspecified atom stereocenters. The second kappa shape index (κ2) is 3.90. The Hall–Kier alpha value is 0.440. The fraction of sp³-hybridized carbons (Fsp3) is 1.00. The van der Waals surface area contributed by atoms with Crippen molar-refractivity contribution in [3.8, 4) is 0 Å². The molecule has 0 N–H and O–H groups in total. The topological polar surface area (TPSA) is 9.23 Å². The van der Waals surface area contributed by atoms with Gasteiger partial charge in [-0.15, -0.1) is 0 Å². The molecule has 1 fully saturated rings. The summed E-state index contributed by atoms with van der Waals surface area (Å²) in [6, 6.07) is 0. The first-order valence-electron chi connectivity index (χ1n) is 4.50. The van der Waals surface area contributed by atoms with E-state index in [1.807, 2.05) is 0 Å². The van der Waals surface area contributed by atoms with Crippen molar-refractivity contribution in [3.05, 3.63) is 0 Å².